The van der Waals surface area contributed by atoms with Gasteiger partial charge >= 0.3 is 6.01 Å². The standard InChI is InChI=1S/C13H17N3O/c1-9(2)16-12(14)8-15-13(16)17-11-6-4-10(3)5-7-11/h4-9H,14H2,1-3H3. The molecule has 4 heteroatoms. The molecule has 1 heterocycles. The molecule has 1 aromatic heterocycles. The second-order valence-corrected chi connectivity index (χ2v) is 4.34. The quantitative estimate of drug-likeness (QED) is 0.882. The Morgan fingerprint density at radius 3 is 2.47 bits per heavy atom. The van der Waals surface area contributed by atoms with Crippen LogP contribution in [0.25, 0.3) is 0 Å². The highest BCUT2D eigenvalue weighted by atomic mass is 16.5. The molecule has 90 valence electrons. The van der Waals surface area contributed by atoms with Crippen LogP contribution in [0.5, 0.6) is 11.8 Å². The van der Waals surface area contributed by atoms with Crippen molar-refractivity contribution in [3.05, 3.63) is 36.0 Å². The SMILES string of the molecule is Cc1ccc(Oc2ncc(N)n2C(C)C)cc1. The summed E-state index contributed by atoms with van der Waals surface area (Å²) < 4.78 is 7.58. The molecule has 0 bridgehead atoms. The van der Waals surface area contributed by atoms with E-state index in [1.807, 2.05) is 49.6 Å². The van der Waals surface area contributed by atoms with E-state index in [0.717, 1.165) is 5.75 Å². The maximum absolute atomic E-state index is 5.84. The van der Waals surface area contributed by atoms with Crippen LogP contribution in [0.15, 0.2) is 30.5 Å². The summed E-state index contributed by atoms with van der Waals surface area (Å²) in [5, 5.41) is 0. The third-order valence-corrected chi connectivity index (χ3v) is 2.54. The van der Waals surface area contributed by atoms with Crippen LogP contribution in [0, 0.1) is 6.92 Å². The lowest BCUT2D eigenvalue weighted by atomic mass is 10.2. The Labute approximate surface area is 101 Å². The van der Waals surface area contributed by atoms with Crippen molar-refractivity contribution < 1.29 is 4.74 Å². The zero-order chi connectivity index (χ0) is 12.4. The number of hydrogen-bond acceptors (Lipinski definition) is 3. The van der Waals surface area contributed by atoms with E-state index in [9.17, 15) is 0 Å². The normalized spacial score (nSPS) is 10.8. The van der Waals surface area contributed by atoms with Crippen molar-refractivity contribution in [1.29, 1.82) is 0 Å². The fourth-order valence-electron chi connectivity index (χ4n) is 1.66. The van der Waals surface area contributed by atoms with Crippen LogP contribution >= 0.6 is 0 Å². The molecule has 1 aromatic carbocycles. The van der Waals surface area contributed by atoms with Gasteiger partial charge in [0, 0.05) is 6.04 Å². The van der Waals surface area contributed by atoms with Gasteiger partial charge in [0.15, 0.2) is 0 Å². The second kappa shape index (κ2) is 4.49. The number of aromatic nitrogens is 2. The molecule has 0 aliphatic rings. The van der Waals surface area contributed by atoms with E-state index < -0.39 is 0 Å². The maximum atomic E-state index is 5.84. The Hall–Kier alpha value is -1.97. The van der Waals surface area contributed by atoms with E-state index in [1.54, 1.807) is 6.20 Å². The van der Waals surface area contributed by atoms with Crippen molar-refractivity contribution in [2.75, 3.05) is 5.73 Å². The van der Waals surface area contributed by atoms with E-state index in [0.29, 0.717) is 11.8 Å². The Bertz CT molecular complexity index is 500. The average molecular weight is 231 g/mol. The van der Waals surface area contributed by atoms with Gasteiger partial charge in [-0.3, -0.25) is 4.57 Å². The summed E-state index contributed by atoms with van der Waals surface area (Å²) in [6, 6.07) is 8.60. The first-order valence-electron chi connectivity index (χ1n) is 5.65. The molecule has 0 unspecified atom stereocenters. The maximum Gasteiger partial charge on any atom is 0.303 e. The third-order valence-electron chi connectivity index (χ3n) is 2.54. The molecule has 0 aliphatic carbocycles. The van der Waals surface area contributed by atoms with E-state index in [1.165, 1.54) is 5.56 Å². The Morgan fingerprint density at radius 1 is 1.24 bits per heavy atom. The summed E-state index contributed by atoms with van der Waals surface area (Å²) in [6.07, 6.45) is 1.61. The number of aryl methyl sites for hydroxylation is 1. The number of hydrogen-bond donors (Lipinski definition) is 1. The van der Waals surface area contributed by atoms with Crippen molar-refractivity contribution in [3.63, 3.8) is 0 Å². The number of anilines is 1. The van der Waals surface area contributed by atoms with Crippen LogP contribution < -0.4 is 10.5 Å². The zero-order valence-corrected chi connectivity index (χ0v) is 10.3. The molecule has 4 nitrogen and oxygen atoms in total. The Kier molecular flexibility index (Phi) is 3.04. The zero-order valence-electron chi connectivity index (χ0n) is 10.3. The van der Waals surface area contributed by atoms with Gasteiger partial charge in [0.05, 0.1) is 6.20 Å². The molecule has 0 fully saturated rings. The predicted octanol–water partition coefficient (Wildman–Crippen LogP) is 3.15. The molecule has 0 amide bonds. The number of rotatable bonds is 3. The van der Waals surface area contributed by atoms with Gasteiger partial charge in [-0.05, 0) is 32.9 Å². The first-order valence-corrected chi connectivity index (χ1v) is 5.65. The van der Waals surface area contributed by atoms with Gasteiger partial charge in [-0.15, -0.1) is 0 Å². The number of nitrogen functional groups attached to an aromatic ring is 1. The fourth-order valence-corrected chi connectivity index (χ4v) is 1.66. The van der Waals surface area contributed by atoms with E-state index in [4.69, 9.17) is 10.5 Å². The van der Waals surface area contributed by atoms with Gasteiger partial charge < -0.3 is 10.5 Å². The summed E-state index contributed by atoms with van der Waals surface area (Å²) in [7, 11) is 0. The number of nitrogens with two attached hydrogens (primary N) is 1. The molecule has 2 N–H and O–H groups in total. The molecule has 0 saturated heterocycles. The third kappa shape index (κ3) is 2.41. The number of imidazole rings is 1. The molecule has 0 radical (unpaired) electrons. The monoisotopic (exact) mass is 231 g/mol. The molecule has 2 rings (SSSR count). The Morgan fingerprint density at radius 2 is 1.88 bits per heavy atom. The van der Waals surface area contributed by atoms with Crippen LogP contribution in [0.4, 0.5) is 5.82 Å². The van der Waals surface area contributed by atoms with Crippen LogP contribution in [0.2, 0.25) is 0 Å². The van der Waals surface area contributed by atoms with Crippen molar-refractivity contribution >= 4 is 5.82 Å². The lowest BCUT2D eigenvalue weighted by Crippen LogP contribution is -2.06. The molecule has 0 spiro atoms. The van der Waals surface area contributed by atoms with Gasteiger partial charge in [-0.25, -0.2) is 4.98 Å². The van der Waals surface area contributed by atoms with Crippen LogP contribution in [0.1, 0.15) is 25.5 Å². The summed E-state index contributed by atoms with van der Waals surface area (Å²) in [5.74, 6) is 1.38. The highest BCUT2D eigenvalue weighted by Crippen LogP contribution is 2.26. The van der Waals surface area contributed by atoms with Gasteiger partial charge in [0.25, 0.3) is 0 Å². The second-order valence-electron chi connectivity index (χ2n) is 4.34. The molecule has 0 saturated carbocycles. The van der Waals surface area contributed by atoms with Crippen molar-refractivity contribution in [2.24, 2.45) is 0 Å². The lowest BCUT2D eigenvalue weighted by Gasteiger charge is -2.13. The molecule has 0 aliphatic heterocycles. The van der Waals surface area contributed by atoms with E-state index >= 15 is 0 Å². The van der Waals surface area contributed by atoms with Crippen molar-refractivity contribution in [1.82, 2.24) is 9.55 Å². The van der Waals surface area contributed by atoms with Crippen molar-refractivity contribution in [3.8, 4) is 11.8 Å². The van der Waals surface area contributed by atoms with Gasteiger partial charge in [0.2, 0.25) is 0 Å². The van der Waals surface area contributed by atoms with Gasteiger partial charge in [-0.2, -0.15) is 0 Å². The minimum absolute atomic E-state index is 0.220. The van der Waals surface area contributed by atoms with E-state index in [-0.39, 0.29) is 6.04 Å². The minimum Gasteiger partial charge on any atom is -0.425 e. The number of benzene rings is 1. The summed E-state index contributed by atoms with van der Waals surface area (Å²) >= 11 is 0. The topological polar surface area (TPSA) is 53.1 Å². The summed E-state index contributed by atoms with van der Waals surface area (Å²) in [4.78, 5) is 4.17. The molecular weight excluding hydrogens is 214 g/mol. The highest BCUT2D eigenvalue weighted by molar-refractivity contribution is 5.34. The molecule has 17 heavy (non-hydrogen) atoms. The average Bonchev–Trinajstić information content (AvgIpc) is 2.63. The Balaban J connectivity index is 2.27. The van der Waals surface area contributed by atoms with Gasteiger partial charge in [0.1, 0.15) is 11.6 Å². The largest absolute Gasteiger partial charge is 0.425 e. The molecule has 0 atom stereocenters. The lowest BCUT2D eigenvalue weighted by molar-refractivity contribution is 0.398. The number of ether oxygens (including phenoxy) is 1. The first-order chi connectivity index (χ1) is 8.08. The predicted molar refractivity (Wildman–Crippen MR) is 68.3 cm³/mol. The van der Waals surface area contributed by atoms with Crippen LogP contribution in [-0.4, -0.2) is 9.55 Å². The summed E-state index contributed by atoms with van der Waals surface area (Å²) in [6.45, 7) is 6.12. The molecule has 2 aromatic rings. The van der Waals surface area contributed by atoms with E-state index in [2.05, 4.69) is 4.98 Å². The smallest absolute Gasteiger partial charge is 0.303 e. The van der Waals surface area contributed by atoms with Gasteiger partial charge in [-0.1, -0.05) is 17.7 Å². The van der Waals surface area contributed by atoms with Crippen molar-refractivity contribution in [2.45, 2.75) is 26.8 Å². The first kappa shape index (κ1) is 11.5. The van der Waals surface area contributed by atoms with Crippen LogP contribution in [0.3, 0.4) is 0 Å². The molecular formula is C13H17N3O. The summed E-state index contributed by atoms with van der Waals surface area (Å²) in [5.41, 5.74) is 7.04. The number of nitrogens with zero attached hydrogens (tertiary/aromatic N) is 2. The van der Waals surface area contributed by atoms with Crippen LogP contribution in [-0.2, 0) is 0 Å². The highest BCUT2D eigenvalue weighted by Gasteiger charge is 2.12. The minimum atomic E-state index is 0.220. The fraction of sp³-hybridized carbons (Fsp3) is 0.308.